The molecule has 1 amide bonds. The van der Waals surface area contributed by atoms with Crippen LogP contribution in [0.3, 0.4) is 0 Å². The van der Waals surface area contributed by atoms with E-state index in [0.717, 1.165) is 19.3 Å². The molecule has 0 bridgehead atoms. The summed E-state index contributed by atoms with van der Waals surface area (Å²) in [5.74, 6) is 0.219. The Balaban J connectivity index is 0.000000252. The Kier molecular flexibility index (Phi) is 5.62. The normalized spacial score (nSPS) is 19.8. The van der Waals surface area contributed by atoms with E-state index in [1.54, 1.807) is 0 Å². The maximum atomic E-state index is 10.5. The lowest BCUT2D eigenvalue weighted by Gasteiger charge is -2.02. The summed E-state index contributed by atoms with van der Waals surface area (Å²) in [7, 11) is 0. The summed E-state index contributed by atoms with van der Waals surface area (Å²) in [4.78, 5) is 22.1. The number of carboxylic acid groups (broad SMARTS) is 1. The first-order valence-electron chi connectivity index (χ1n) is 3.93. The van der Waals surface area contributed by atoms with Gasteiger partial charge < -0.3 is 10.4 Å². The van der Waals surface area contributed by atoms with Gasteiger partial charge in [0.2, 0.25) is 5.91 Å². The van der Waals surface area contributed by atoms with E-state index in [0.29, 0.717) is 6.04 Å². The van der Waals surface area contributed by atoms with Crippen molar-refractivity contribution in [3.63, 3.8) is 0 Å². The van der Waals surface area contributed by atoms with Crippen LogP contribution in [0.1, 0.15) is 26.2 Å². The maximum Gasteiger partial charge on any atom is 0.537 e. The molecule has 3 N–H and O–H groups in total. The molecule has 0 aromatic heterocycles. The lowest BCUT2D eigenvalue weighted by molar-refractivity contribution is -0.194. The molecule has 1 aliphatic heterocycles. The van der Waals surface area contributed by atoms with Crippen LogP contribution in [0.5, 0.6) is 0 Å². The number of hydrogen-bond acceptors (Lipinski definition) is 4. The summed E-state index contributed by atoms with van der Waals surface area (Å²) >= 11 is 0. The highest BCUT2D eigenvalue weighted by Gasteiger charge is 2.17. The molecule has 1 aliphatic rings. The van der Waals surface area contributed by atoms with E-state index in [2.05, 4.69) is 17.1 Å². The van der Waals surface area contributed by atoms with Gasteiger partial charge in [0.05, 0.1) is 0 Å². The van der Waals surface area contributed by atoms with Gasteiger partial charge in [0.15, 0.2) is 0 Å². The van der Waals surface area contributed by atoms with Crippen molar-refractivity contribution in [3.8, 4) is 0 Å². The number of carbonyl (C=O) groups is 2. The lowest BCUT2D eigenvalue weighted by Crippen LogP contribution is -2.23. The van der Waals surface area contributed by atoms with E-state index < -0.39 is 6.16 Å². The van der Waals surface area contributed by atoms with Crippen molar-refractivity contribution in [2.45, 2.75) is 32.2 Å². The SMILES string of the molecule is CCC1CCC(=O)N1.O=C(O)OO. The molecule has 1 rings (SSSR count). The van der Waals surface area contributed by atoms with Crippen molar-refractivity contribution >= 4 is 12.1 Å². The van der Waals surface area contributed by atoms with E-state index in [1.807, 2.05) is 0 Å². The number of carbonyl (C=O) groups excluding carboxylic acids is 1. The molecular formula is C7H13NO5. The van der Waals surface area contributed by atoms with Gasteiger partial charge in [0.1, 0.15) is 0 Å². The maximum absolute atomic E-state index is 10.5. The molecule has 6 heteroatoms. The van der Waals surface area contributed by atoms with Gasteiger partial charge in [0, 0.05) is 12.5 Å². The van der Waals surface area contributed by atoms with Gasteiger partial charge in [-0.25, -0.2) is 4.79 Å². The Labute approximate surface area is 75.4 Å². The predicted octanol–water partition coefficient (Wildman–Crippen LogP) is 0.829. The summed E-state index contributed by atoms with van der Waals surface area (Å²) in [6, 6.07) is 0.475. The van der Waals surface area contributed by atoms with Crippen molar-refractivity contribution in [1.29, 1.82) is 0 Å². The van der Waals surface area contributed by atoms with Crippen LogP contribution < -0.4 is 5.32 Å². The minimum Gasteiger partial charge on any atom is -0.448 e. The number of hydrogen-bond donors (Lipinski definition) is 3. The zero-order chi connectivity index (χ0) is 10.3. The van der Waals surface area contributed by atoms with Gasteiger partial charge in [-0.2, -0.15) is 5.26 Å². The molecule has 76 valence electrons. The highest BCUT2D eigenvalue weighted by Crippen LogP contribution is 2.08. The summed E-state index contributed by atoms with van der Waals surface area (Å²) in [6.45, 7) is 2.09. The fraction of sp³-hybridized carbons (Fsp3) is 0.714. The minimum absolute atomic E-state index is 0.219. The second-order valence-corrected chi connectivity index (χ2v) is 2.57. The first-order valence-corrected chi connectivity index (χ1v) is 3.93. The fourth-order valence-corrected chi connectivity index (χ4v) is 0.984. The topological polar surface area (TPSA) is 95.9 Å². The van der Waals surface area contributed by atoms with Crippen LogP contribution >= 0.6 is 0 Å². The van der Waals surface area contributed by atoms with Crippen molar-refractivity contribution in [2.24, 2.45) is 0 Å². The van der Waals surface area contributed by atoms with Crippen LogP contribution in [0.25, 0.3) is 0 Å². The Morgan fingerprint density at radius 3 is 2.46 bits per heavy atom. The number of rotatable bonds is 1. The van der Waals surface area contributed by atoms with Crippen LogP contribution in [0.15, 0.2) is 0 Å². The summed E-state index contributed by atoms with van der Waals surface area (Å²) in [5.41, 5.74) is 0. The Bertz CT molecular complexity index is 182. The van der Waals surface area contributed by atoms with E-state index >= 15 is 0 Å². The van der Waals surface area contributed by atoms with E-state index in [1.165, 1.54) is 0 Å². The van der Waals surface area contributed by atoms with E-state index in [-0.39, 0.29) is 5.91 Å². The first kappa shape index (κ1) is 11.7. The van der Waals surface area contributed by atoms with Crippen LogP contribution in [-0.2, 0) is 9.68 Å². The molecule has 1 saturated heterocycles. The summed E-state index contributed by atoms with van der Waals surface area (Å²) < 4.78 is 0. The van der Waals surface area contributed by atoms with Gasteiger partial charge in [-0.1, -0.05) is 6.92 Å². The summed E-state index contributed by atoms with van der Waals surface area (Å²) in [6.07, 6.45) is 1.16. The summed E-state index contributed by atoms with van der Waals surface area (Å²) in [5, 5.41) is 17.2. The molecule has 0 aliphatic carbocycles. The third-order valence-corrected chi connectivity index (χ3v) is 1.66. The Hall–Kier alpha value is -1.30. The quantitative estimate of drug-likeness (QED) is 0.421. The first-order chi connectivity index (χ1) is 6.10. The standard InChI is InChI=1S/C6H11NO.CH2O4/c1-2-5-3-4-6(8)7-5;2-1(3)5-4/h5H,2-4H2,1H3,(H,7,8);4H,(H,2,3). The predicted molar refractivity (Wildman–Crippen MR) is 43.2 cm³/mol. The molecule has 0 radical (unpaired) electrons. The van der Waals surface area contributed by atoms with E-state index in [9.17, 15) is 4.79 Å². The average Bonchev–Trinajstić information content (AvgIpc) is 2.52. The van der Waals surface area contributed by atoms with Gasteiger partial charge in [0.25, 0.3) is 0 Å². The molecule has 1 heterocycles. The van der Waals surface area contributed by atoms with Gasteiger partial charge in [-0.3, -0.25) is 9.68 Å². The molecule has 0 aromatic rings. The molecule has 0 aromatic carbocycles. The molecule has 1 unspecified atom stereocenters. The van der Waals surface area contributed by atoms with Crippen LogP contribution in [-0.4, -0.2) is 28.5 Å². The minimum atomic E-state index is -1.69. The molecular weight excluding hydrogens is 178 g/mol. The second-order valence-electron chi connectivity index (χ2n) is 2.57. The van der Waals surface area contributed by atoms with Gasteiger partial charge in [-0.15, -0.1) is 0 Å². The number of amides is 1. The molecule has 0 spiro atoms. The number of nitrogens with one attached hydrogen (secondary N) is 1. The van der Waals surface area contributed by atoms with Crippen LogP contribution in [0.2, 0.25) is 0 Å². The van der Waals surface area contributed by atoms with Gasteiger partial charge >= 0.3 is 6.16 Å². The van der Waals surface area contributed by atoms with Crippen LogP contribution in [0, 0.1) is 0 Å². The third kappa shape index (κ3) is 5.92. The third-order valence-electron chi connectivity index (χ3n) is 1.66. The lowest BCUT2D eigenvalue weighted by atomic mass is 10.2. The van der Waals surface area contributed by atoms with E-state index in [4.69, 9.17) is 15.2 Å². The highest BCUT2D eigenvalue weighted by atomic mass is 17.1. The molecule has 1 atom stereocenters. The molecule has 1 fully saturated rings. The zero-order valence-electron chi connectivity index (χ0n) is 7.32. The van der Waals surface area contributed by atoms with Crippen molar-refractivity contribution in [1.82, 2.24) is 5.32 Å². The Morgan fingerprint density at radius 2 is 2.31 bits per heavy atom. The average molecular weight is 191 g/mol. The second kappa shape index (κ2) is 6.24. The fourth-order valence-electron chi connectivity index (χ4n) is 0.984. The largest absolute Gasteiger partial charge is 0.537 e. The molecule has 6 nitrogen and oxygen atoms in total. The smallest absolute Gasteiger partial charge is 0.448 e. The monoisotopic (exact) mass is 191 g/mol. The van der Waals surface area contributed by atoms with Crippen molar-refractivity contribution in [3.05, 3.63) is 0 Å². The Morgan fingerprint density at radius 1 is 1.77 bits per heavy atom. The molecule has 13 heavy (non-hydrogen) atoms. The molecule has 0 saturated carbocycles. The van der Waals surface area contributed by atoms with Gasteiger partial charge in [-0.05, 0) is 12.8 Å². The van der Waals surface area contributed by atoms with Crippen molar-refractivity contribution in [2.75, 3.05) is 0 Å². The van der Waals surface area contributed by atoms with Crippen molar-refractivity contribution < 1.29 is 24.8 Å². The zero-order valence-corrected chi connectivity index (χ0v) is 7.32. The van der Waals surface area contributed by atoms with Crippen LogP contribution in [0.4, 0.5) is 4.79 Å². The highest BCUT2D eigenvalue weighted by molar-refractivity contribution is 5.78.